The Balaban J connectivity index is 0.00000280. The largest absolute Gasteiger partial charge is 0.495 e. The highest BCUT2D eigenvalue weighted by atomic mass is 35.5. The minimum Gasteiger partial charge on any atom is -0.495 e. The fourth-order valence-corrected chi connectivity index (χ4v) is 4.19. The second-order valence-electron chi connectivity index (χ2n) is 7.38. The Morgan fingerprint density at radius 3 is 2.68 bits per heavy atom. The number of benzene rings is 1. The van der Waals surface area contributed by atoms with E-state index in [-0.39, 0.29) is 36.6 Å². The number of nitrogens with zero attached hydrogens (tertiary/aromatic N) is 2. The van der Waals surface area contributed by atoms with E-state index in [0.717, 1.165) is 38.9 Å². The minimum atomic E-state index is -0.296. The summed E-state index contributed by atoms with van der Waals surface area (Å²) in [6.07, 6.45) is 3.48. The average Bonchev–Trinajstić information content (AvgIpc) is 3.07. The van der Waals surface area contributed by atoms with E-state index in [2.05, 4.69) is 5.32 Å². The van der Waals surface area contributed by atoms with Crippen LogP contribution in [0.3, 0.4) is 0 Å². The van der Waals surface area contributed by atoms with E-state index in [1.54, 1.807) is 30.2 Å². The molecule has 1 aromatic carbocycles. The van der Waals surface area contributed by atoms with Crippen molar-refractivity contribution in [1.29, 1.82) is 0 Å². The standard InChI is InChI=1S/C20H28ClN3O3.ClH/c1-22-8-5-14-6-9-23(10-7-14)20(26)15-11-19(25)24(13-15)17-12-16(21)3-4-18(17)27-2;/h3-4,12,14-15,22H,5-11,13H2,1-2H3;1H. The topological polar surface area (TPSA) is 61.9 Å². The van der Waals surface area contributed by atoms with Crippen molar-refractivity contribution in [3.63, 3.8) is 0 Å². The highest BCUT2D eigenvalue weighted by molar-refractivity contribution is 6.31. The first kappa shape index (κ1) is 22.8. The molecule has 0 spiro atoms. The number of anilines is 1. The number of carbonyl (C=O) groups is 2. The molecule has 2 aliphatic rings. The zero-order valence-electron chi connectivity index (χ0n) is 16.4. The maximum Gasteiger partial charge on any atom is 0.228 e. The Labute approximate surface area is 177 Å². The van der Waals surface area contributed by atoms with Gasteiger partial charge in [-0.2, -0.15) is 0 Å². The lowest BCUT2D eigenvalue weighted by Gasteiger charge is -2.33. The van der Waals surface area contributed by atoms with Gasteiger partial charge in [0.2, 0.25) is 11.8 Å². The Hall–Kier alpha value is -1.50. The van der Waals surface area contributed by atoms with Crippen LogP contribution in [-0.4, -0.2) is 57.1 Å². The lowest BCUT2D eigenvalue weighted by Crippen LogP contribution is -2.42. The molecular weight excluding hydrogens is 401 g/mol. The van der Waals surface area contributed by atoms with Gasteiger partial charge in [0.15, 0.2) is 0 Å². The molecule has 1 N–H and O–H groups in total. The van der Waals surface area contributed by atoms with Crippen LogP contribution < -0.4 is 15.0 Å². The summed E-state index contributed by atoms with van der Waals surface area (Å²) in [7, 11) is 3.53. The molecule has 2 aliphatic heterocycles. The highest BCUT2D eigenvalue weighted by Crippen LogP contribution is 2.36. The molecule has 1 unspecified atom stereocenters. The predicted octanol–water partition coefficient (Wildman–Crippen LogP) is 2.97. The number of carbonyl (C=O) groups excluding carboxylic acids is 2. The zero-order valence-corrected chi connectivity index (χ0v) is 18.0. The third kappa shape index (κ3) is 5.10. The highest BCUT2D eigenvalue weighted by Gasteiger charge is 2.39. The third-order valence-electron chi connectivity index (χ3n) is 5.63. The number of hydrogen-bond donors (Lipinski definition) is 1. The summed E-state index contributed by atoms with van der Waals surface area (Å²) in [5.74, 6) is 1.01. The average molecular weight is 430 g/mol. The van der Waals surface area contributed by atoms with Gasteiger partial charge in [-0.15, -0.1) is 12.4 Å². The van der Waals surface area contributed by atoms with E-state index in [1.807, 2.05) is 11.9 Å². The Kier molecular flexibility index (Phi) is 8.40. The lowest BCUT2D eigenvalue weighted by atomic mass is 9.92. The number of methoxy groups -OCH3 is 1. The fourth-order valence-electron chi connectivity index (χ4n) is 4.03. The van der Waals surface area contributed by atoms with Crippen molar-refractivity contribution in [3.05, 3.63) is 23.2 Å². The van der Waals surface area contributed by atoms with Crippen molar-refractivity contribution < 1.29 is 14.3 Å². The lowest BCUT2D eigenvalue weighted by molar-refractivity contribution is -0.137. The number of hydrogen-bond acceptors (Lipinski definition) is 4. The molecule has 2 heterocycles. The molecule has 0 saturated carbocycles. The summed E-state index contributed by atoms with van der Waals surface area (Å²) < 4.78 is 5.36. The van der Waals surface area contributed by atoms with Crippen molar-refractivity contribution in [1.82, 2.24) is 10.2 Å². The van der Waals surface area contributed by atoms with Crippen molar-refractivity contribution in [3.8, 4) is 5.75 Å². The monoisotopic (exact) mass is 429 g/mol. The number of piperidine rings is 1. The fraction of sp³-hybridized carbons (Fsp3) is 0.600. The number of nitrogens with one attached hydrogen (secondary N) is 1. The van der Waals surface area contributed by atoms with Gasteiger partial charge in [-0.3, -0.25) is 9.59 Å². The van der Waals surface area contributed by atoms with Crippen LogP contribution in [-0.2, 0) is 9.59 Å². The molecule has 0 bridgehead atoms. The van der Waals surface area contributed by atoms with Gasteiger partial charge in [0.1, 0.15) is 5.75 Å². The van der Waals surface area contributed by atoms with Gasteiger partial charge in [0.25, 0.3) is 0 Å². The molecule has 0 aliphatic carbocycles. The Bertz CT molecular complexity index is 693. The van der Waals surface area contributed by atoms with Crippen LogP contribution in [0.5, 0.6) is 5.75 Å². The molecule has 6 nitrogen and oxygen atoms in total. The van der Waals surface area contributed by atoms with Gasteiger partial charge >= 0.3 is 0 Å². The first-order chi connectivity index (χ1) is 13.0. The van der Waals surface area contributed by atoms with Gasteiger partial charge in [-0.05, 0) is 57.0 Å². The summed E-state index contributed by atoms with van der Waals surface area (Å²) in [5.41, 5.74) is 0.635. The molecule has 2 fully saturated rings. The minimum absolute atomic E-state index is 0. The van der Waals surface area contributed by atoms with Gasteiger partial charge in [0, 0.05) is 31.1 Å². The van der Waals surface area contributed by atoms with Gasteiger partial charge in [0.05, 0.1) is 18.7 Å². The molecule has 3 rings (SSSR count). The van der Waals surface area contributed by atoms with Crippen molar-refractivity contribution in [2.45, 2.75) is 25.7 Å². The van der Waals surface area contributed by atoms with Crippen LogP contribution in [0.2, 0.25) is 5.02 Å². The second kappa shape index (κ2) is 10.3. The van der Waals surface area contributed by atoms with Crippen molar-refractivity contribution in [2.75, 3.05) is 45.2 Å². The molecule has 2 saturated heterocycles. The van der Waals surface area contributed by atoms with Crippen LogP contribution >= 0.6 is 24.0 Å². The molecule has 8 heteroatoms. The van der Waals surface area contributed by atoms with Crippen LogP contribution in [0.4, 0.5) is 5.69 Å². The van der Waals surface area contributed by atoms with E-state index in [9.17, 15) is 9.59 Å². The maximum atomic E-state index is 12.9. The normalized spacial score (nSPS) is 20.2. The van der Waals surface area contributed by atoms with Crippen LogP contribution in [0, 0.1) is 11.8 Å². The van der Waals surface area contributed by atoms with Gasteiger partial charge < -0.3 is 19.9 Å². The number of amides is 2. The van der Waals surface area contributed by atoms with Crippen LogP contribution in [0.25, 0.3) is 0 Å². The Morgan fingerprint density at radius 2 is 2.04 bits per heavy atom. The summed E-state index contributed by atoms with van der Waals surface area (Å²) in [6, 6.07) is 5.19. The van der Waals surface area contributed by atoms with Crippen molar-refractivity contribution in [2.24, 2.45) is 11.8 Å². The van der Waals surface area contributed by atoms with Gasteiger partial charge in [-0.1, -0.05) is 11.6 Å². The van der Waals surface area contributed by atoms with Gasteiger partial charge in [-0.25, -0.2) is 0 Å². The quantitative estimate of drug-likeness (QED) is 0.754. The third-order valence-corrected chi connectivity index (χ3v) is 5.87. The van der Waals surface area contributed by atoms with E-state index in [4.69, 9.17) is 16.3 Å². The molecule has 28 heavy (non-hydrogen) atoms. The van der Waals surface area contributed by atoms with Crippen LogP contribution in [0.1, 0.15) is 25.7 Å². The summed E-state index contributed by atoms with van der Waals surface area (Å²) in [6.45, 7) is 2.98. The molecular formula is C20H29Cl2N3O3. The first-order valence-corrected chi connectivity index (χ1v) is 9.98. The summed E-state index contributed by atoms with van der Waals surface area (Å²) in [4.78, 5) is 29.1. The number of rotatable bonds is 6. The zero-order chi connectivity index (χ0) is 19.4. The van der Waals surface area contributed by atoms with Crippen LogP contribution in [0.15, 0.2) is 18.2 Å². The summed E-state index contributed by atoms with van der Waals surface area (Å²) in [5, 5.41) is 3.73. The number of halogens is 2. The Morgan fingerprint density at radius 1 is 1.32 bits per heavy atom. The molecule has 156 valence electrons. The second-order valence-corrected chi connectivity index (χ2v) is 7.82. The first-order valence-electron chi connectivity index (χ1n) is 9.60. The van der Waals surface area contributed by atoms with E-state index in [0.29, 0.717) is 28.9 Å². The van der Waals surface area contributed by atoms with Crippen molar-refractivity contribution >= 4 is 41.5 Å². The smallest absolute Gasteiger partial charge is 0.228 e. The number of likely N-dealkylation sites (tertiary alicyclic amines) is 1. The SMILES string of the molecule is CNCCC1CCN(C(=O)C2CC(=O)N(c3cc(Cl)ccc3OC)C2)CC1.Cl. The molecule has 0 radical (unpaired) electrons. The number of ether oxygens (including phenoxy) is 1. The van der Waals surface area contributed by atoms with E-state index in [1.165, 1.54) is 0 Å². The molecule has 1 atom stereocenters. The maximum absolute atomic E-state index is 12.9. The van der Waals surface area contributed by atoms with E-state index >= 15 is 0 Å². The molecule has 2 amide bonds. The van der Waals surface area contributed by atoms with E-state index < -0.39 is 0 Å². The molecule has 0 aromatic heterocycles. The predicted molar refractivity (Wildman–Crippen MR) is 114 cm³/mol. The summed E-state index contributed by atoms with van der Waals surface area (Å²) >= 11 is 6.10. The molecule has 1 aromatic rings.